The fourth-order valence-electron chi connectivity index (χ4n) is 1.42. The zero-order valence-electron chi connectivity index (χ0n) is 9.09. The van der Waals surface area contributed by atoms with E-state index < -0.39 is 0 Å². The Morgan fingerprint density at radius 2 is 2.13 bits per heavy atom. The van der Waals surface area contributed by atoms with Crippen molar-refractivity contribution in [3.05, 3.63) is 34.1 Å². The van der Waals surface area contributed by atoms with Crippen LogP contribution in [0.2, 0.25) is 0 Å². The van der Waals surface area contributed by atoms with Gasteiger partial charge in [-0.05, 0) is 37.1 Å². The molecule has 0 amide bonds. The van der Waals surface area contributed by atoms with E-state index in [1.54, 1.807) is 0 Å². The summed E-state index contributed by atoms with van der Waals surface area (Å²) in [6.45, 7) is 4.63. The van der Waals surface area contributed by atoms with Crippen LogP contribution < -0.4 is 0 Å². The van der Waals surface area contributed by atoms with Crippen molar-refractivity contribution in [1.82, 2.24) is 0 Å². The second-order valence-electron chi connectivity index (χ2n) is 3.69. The molecule has 1 nitrogen and oxygen atoms in total. The smallest absolute Gasteiger partial charge is 0.124 e. The van der Waals surface area contributed by atoms with Crippen LogP contribution in [0.15, 0.2) is 22.7 Å². The van der Waals surface area contributed by atoms with Gasteiger partial charge in [-0.25, -0.2) is 4.39 Å². The quantitative estimate of drug-likeness (QED) is 0.778. The Bertz CT molecular complexity index is 294. The molecule has 3 heteroatoms. The maximum atomic E-state index is 13.0. The summed E-state index contributed by atoms with van der Waals surface area (Å²) in [4.78, 5) is 0. The van der Waals surface area contributed by atoms with Crippen molar-refractivity contribution in [2.75, 3.05) is 0 Å². The Balaban J connectivity index is 2.50. The average Bonchev–Trinajstić information content (AvgIpc) is 2.14. The van der Waals surface area contributed by atoms with E-state index >= 15 is 0 Å². The minimum atomic E-state index is -0.230. The molecule has 0 N–H and O–H groups in total. The van der Waals surface area contributed by atoms with Gasteiger partial charge in [0.2, 0.25) is 0 Å². The Labute approximate surface area is 98.8 Å². The molecular weight excluding hydrogens is 259 g/mol. The third-order valence-corrected chi connectivity index (χ3v) is 2.61. The molecule has 0 spiro atoms. The van der Waals surface area contributed by atoms with Gasteiger partial charge in [-0.2, -0.15) is 0 Å². The first kappa shape index (κ1) is 12.7. The van der Waals surface area contributed by atoms with Crippen molar-refractivity contribution in [3.8, 4) is 0 Å². The molecule has 0 fully saturated rings. The van der Waals surface area contributed by atoms with Crippen LogP contribution in [0.3, 0.4) is 0 Å². The summed E-state index contributed by atoms with van der Waals surface area (Å²) in [5, 5.41) is 0. The molecule has 1 aromatic rings. The number of hydrogen-bond acceptors (Lipinski definition) is 1. The number of benzene rings is 1. The number of halogens is 2. The minimum absolute atomic E-state index is 0.230. The average molecular weight is 275 g/mol. The third-order valence-electron chi connectivity index (χ3n) is 2.15. The van der Waals surface area contributed by atoms with E-state index in [4.69, 9.17) is 4.74 Å². The van der Waals surface area contributed by atoms with Gasteiger partial charge >= 0.3 is 0 Å². The fraction of sp³-hybridized carbons (Fsp3) is 0.500. The number of hydrogen-bond donors (Lipinski definition) is 0. The Morgan fingerprint density at radius 3 is 2.73 bits per heavy atom. The molecule has 0 heterocycles. The Kier molecular flexibility index (Phi) is 5.26. The van der Waals surface area contributed by atoms with E-state index in [9.17, 15) is 4.39 Å². The van der Waals surface area contributed by atoms with Gasteiger partial charge in [0, 0.05) is 4.47 Å². The zero-order valence-corrected chi connectivity index (χ0v) is 10.7. The summed E-state index contributed by atoms with van der Waals surface area (Å²) in [6.07, 6.45) is 2.38. The SMILES string of the molecule is CCCC(C)OCc1cc(F)cc(Br)c1. The summed E-state index contributed by atoms with van der Waals surface area (Å²) in [7, 11) is 0. The van der Waals surface area contributed by atoms with E-state index in [1.165, 1.54) is 12.1 Å². The van der Waals surface area contributed by atoms with Crippen molar-refractivity contribution in [1.29, 1.82) is 0 Å². The maximum absolute atomic E-state index is 13.0. The van der Waals surface area contributed by atoms with Gasteiger partial charge < -0.3 is 4.74 Å². The first-order chi connectivity index (χ1) is 7.11. The molecule has 0 aromatic heterocycles. The monoisotopic (exact) mass is 274 g/mol. The summed E-state index contributed by atoms with van der Waals surface area (Å²) in [5.41, 5.74) is 0.866. The van der Waals surface area contributed by atoms with Crippen LogP contribution in [0.25, 0.3) is 0 Å². The van der Waals surface area contributed by atoms with Crippen LogP contribution in [0.4, 0.5) is 4.39 Å². The molecule has 15 heavy (non-hydrogen) atoms. The van der Waals surface area contributed by atoms with Gasteiger partial charge in [0.1, 0.15) is 5.82 Å². The lowest BCUT2D eigenvalue weighted by molar-refractivity contribution is 0.0470. The van der Waals surface area contributed by atoms with Crippen LogP contribution in [-0.4, -0.2) is 6.10 Å². The van der Waals surface area contributed by atoms with Crippen molar-refractivity contribution in [2.45, 2.75) is 39.4 Å². The summed E-state index contributed by atoms with van der Waals surface area (Å²) >= 11 is 3.26. The molecule has 1 rings (SSSR count). The first-order valence-corrected chi connectivity index (χ1v) is 5.97. The lowest BCUT2D eigenvalue weighted by Gasteiger charge is -2.12. The van der Waals surface area contributed by atoms with Crippen LogP contribution in [0.1, 0.15) is 32.3 Å². The maximum Gasteiger partial charge on any atom is 0.124 e. The second kappa shape index (κ2) is 6.23. The van der Waals surface area contributed by atoms with Crippen molar-refractivity contribution in [2.24, 2.45) is 0 Å². The summed E-state index contributed by atoms with van der Waals surface area (Å²) in [6, 6.07) is 4.82. The molecule has 1 atom stereocenters. The Morgan fingerprint density at radius 1 is 1.40 bits per heavy atom. The van der Waals surface area contributed by atoms with Crippen LogP contribution >= 0.6 is 15.9 Å². The zero-order chi connectivity index (χ0) is 11.3. The number of ether oxygens (including phenoxy) is 1. The highest BCUT2D eigenvalue weighted by Crippen LogP contribution is 2.16. The topological polar surface area (TPSA) is 9.23 Å². The van der Waals surface area contributed by atoms with Crippen molar-refractivity contribution < 1.29 is 9.13 Å². The molecule has 0 bridgehead atoms. The van der Waals surface area contributed by atoms with Gasteiger partial charge in [-0.1, -0.05) is 29.3 Å². The second-order valence-corrected chi connectivity index (χ2v) is 4.60. The highest BCUT2D eigenvalue weighted by molar-refractivity contribution is 9.10. The molecule has 1 aromatic carbocycles. The molecular formula is C12H16BrFO. The lowest BCUT2D eigenvalue weighted by Crippen LogP contribution is -2.07. The van der Waals surface area contributed by atoms with E-state index in [0.29, 0.717) is 6.61 Å². The first-order valence-electron chi connectivity index (χ1n) is 5.18. The van der Waals surface area contributed by atoms with E-state index in [0.717, 1.165) is 22.9 Å². The van der Waals surface area contributed by atoms with Crippen molar-refractivity contribution in [3.63, 3.8) is 0 Å². The molecule has 84 valence electrons. The number of rotatable bonds is 5. The van der Waals surface area contributed by atoms with Crippen LogP contribution in [-0.2, 0) is 11.3 Å². The molecule has 0 radical (unpaired) electrons. The van der Waals surface area contributed by atoms with Gasteiger partial charge in [0.15, 0.2) is 0 Å². The van der Waals surface area contributed by atoms with Gasteiger partial charge in [-0.15, -0.1) is 0 Å². The normalized spacial score (nSPS) is 12.8. The highest BCUT2D eigenvalue weighted by Gasteiger charge is 2.03. The molecule has 0 aliphatic carbocycles. The largest absolute Gasteiger partial charge is 0.374 e. The summed E-state index contributed by atoms with van der Waals surface area (Å²) in [5.74, 6) is -0.230. The Hall–Kier alpha value is -0.410. The summed E-state index contributed by atoms with van der Waals surface area (Å²) < 4.78 is 19.4. The standard InChI is InChI=1S/C12H16BrFO/c1-3-4-9(2)15-8-10-5-11(13)7-12(14)6-10/h5-7,9H,3-4,8H2,1-2H3. The lowest BCUT2D eigenvalue weighted by atomic mass is 10.2. The predicted molar refractivity (Wildman–Crippen MR) is 63.3 cm³/mol. The van der Waals surface area contributed by atoms with E-state index in [2.05, 4.69) is 22.9 Å². The van der Waals surface area contributed by atoms with Crippen LogP contribution in [0, 0.1) is 5.82 Å². The van der Waals surface area contributed by atoms with Gasteiger partial charge in [-0.3, -0.25) is 0 Å². The molecule has 1 unspecified atom stereocenters. The highest BCUT2D eigenvalue weighted by atomic mass is 79.9. The van der Waals surface area contributed by atoms with E-state index in [-0.39, 0.29) is 11.9 Å². The minimum Gasteiger partial charge on any atom is -0.374 e. The predicted octanol–water partition coefficient (Wildman–Crippen LogP) is 4.29. The molecule has 0 aliphatic heterocycles. The molecule has 0 saturated heterocycles. The third kappa shape index (κ3) is 4.76. The van der Waals surface area contributed by atoms with Gasteiger partial charge in [0.05, 0.1) is 12.7 Å². The molecule has 0 aliphatic rings. The molecule has 0 saturated carbocycles. The van der Waals surface area contributed by atoms with Crippen molar-refractivity contribution >= 4 is 15.9 Å². The fourth-order valence-corrected chi connectivity index (χ4v) is 1.94. The van der Waals surface area contributed by atoms with Gasteiger partial charge in [0.25, 0.3) is 0 Å². The van der Waals surface area contributed by atoms with Crippen LogP contribution in [0.5, 0.6) is 0 Å². The van der Waals surface area contributed by atoms with E-state index in [1.807, 2.05) is 13.0 Å².